The molecule has 0 aromatic heterocycles. The molecular weight excluding hydrogens is 310 g/mol. The van der Waals surface area contributed by atoms with E-state index in [2.05, 4.69) is 10.6 Å². The van der Waals surface area contributed by atoms with Crippen LogP contribution in [0.15, 0.2) is 18.2 Å². The van der Waals surface area contributed by atoms with Crippen molar-refractivity contribution in [2.24, 2.45) is 0 Å². The summed E-state index contributed by atoms with van der Waals surface area (Å²) in [6.07, 6.45) is 6.40. The largest absolute Gasteiger partial charge is 0.388 e. The van der Waals surface area contributed by atoms with Gasteiger partial charge in [0.25, 0.3) is 11.6 Å². The number of hydrogen-bond acceptors (Lipinski definition) is 5. The van der Waals surface area contributed by atoms with Crippen LogP contribution in [0.2, 0.25) is 0 Å². The zero-order valence-electron chi connectivity index (χ0n) is 13.6. The summed E-state index contributed by atoms with van der Waals surface area (Å²) in [5.41, 5.74) is -0.258. The van der Waals surface area contributed by atoms with Crippen molar-refractivity contribution in [2.75, 3.05) is 11.9 Å². The summed E-state index contributed by atoms with van der Waals surface area (Å²) in [6.45, 7) is 0.182. The SMILES string of the molecule is O=C(NCC1(O)CCCCC1)c1ccc(NC2CC2)c([N+](=O)[O-])c1. The molecule has 2 fully saturated rings. The molecule has 7 nitrogen and oxygen atoms in total. The molecule has 1 aromatic rings. The Hall–Kier alpha value is -2.15. The van der Waals surface area contributed by atoms with E-state index in [-0.39, 0.29) is 17.8 Å². The Labute approximate surface area is 140 Å². The van der Waals surface area contributed by atoms with E-state index in [1.54, 1.807) is 12.1 Å². The number of nitrogens with one attached hydrogen (secondary N) is 2. The molecule has 7 heteroatoms. The van der Waals surface area contributed by atoms with E-state index in [1.807, 2.05) is 0 Å². The van der Waals surface area contributed by atoms with Gasteiger partial charge in [0.2, 0.25) is 0 Å². The summed E-state index contributed by atoms with van der Waals surface area (Å²) < 4.78 is 0. The fraction of sp³-hybridized carbons (Fsp3) is 0.588. The van der Waals surface area contributed by atoms with Crippen LogP contribution in [0.4, 0.5) is 11.4 Å². The average molecular weight is 333 g/mol. The topological polar surface area (TPSA) is 104 Å². The highest BCUT2D eigenvalue weighted by atomic mass is 16.6. The smallest absolute Gasteiger partial charge is 0.293 e. The Morgan fingerprint density at radius 2 is 2.00 bits per heavy atom. The second kappa shape index (κ2) is 6.76. The highest BCUT2D eigenvalue weighted by Crippen LogP contribution is 2.32. The van der Waals surface area contributed by atoms with Gasteiger partial charge in [0.05, 0.1) is 10.5 Å². The van der Waals surface area contributed by atoms with Gasteiger partial charge in [-0.15, -0.1) is 0 Å². The van der Waals surface area contributed by atoms with Gasteiger partial charge in [-0.1, -0.05) is 19.3 Å². The van der Waals surface area contributed by atoms with Crippen molar-refractivity contribution < 1.29 is 14.8 Å². The molecule has 130 valence electrons. The first kappa shape index (κ1) is 16.7. The van der Waals surface area contributed by atoms with Crippen molar-refractivity contribution >= 4 is 17.3 Å². The number of nitro benzene ring substituents is 1. The number of hydrogen-bond donors (Lipinski definition) is 3. The molecular formula is C17H23N3O4. The van der Waals surface area contributed by atoms with Crippen molar-refractivity contribution in [1.29, 1.82) is 0 Å². The van der Waals surface area contributed by atoms with Gasteiger partial charge in [-0.3, -0.25) is 14.9 Å². The predicted molar refractivity (Wildman–Crippen MR) is 90.1 cm³/mol. The van der Waals surface area contributed by atoms with Crippen LogP contribution in [-0.4, -0.2) is 34.1 Å². The van der Waals surface area contributed by atoms with Crippen molar-refractivity contribution in [3.63, 3.8) is 0 Å². The molecule has 3 rings (SSSR count). The first-order valence-electron chi connectivity index (χ1n) is 8.52. The number of carbonyl (C=O) groups excluding carboxylic acids is 1. The molecule has 24 heavy (non-hydrogen) atoms. The Morgan fingerprint density at radius 3 is 2.62 bits per heavy atom. The number of aliphatic hydroxyl groups is 1. The summed E-state index contributed by atoms with van der Waals surface area (Å²) in [5.74, 6) is -0.393. The molecule has 1 amide bonds. The Bertz CT molecular complexity index is 637. The lowest BCUT2D eigenvalue weighted by molar-refractivity contribution is -0.384. The minimum absolute atomic E-state index is 0.0917. The van der Waals surface area contributed by atoms with Crippen LogP contribution in [0.1, 0.15) is 55.3 Å². The van der Waals surface area contributed by atoms with E-state index in [4.69, 9.17) is 0 Å². The summed E-state index contributed by atoms with van der Waals surface area (Å²) in [7, 11) is 0. The molecule has 3 N–H and O–H groups in total. The lowest BCUT2D eigenvalue weighted by Gasteiger charge is -2.32. The second-order valence-electron chi connectivity index (χ2n) is 6.88. The molecule has 0 saturated heterocycles. The molecule has 0 spiro atoms. The molecule has 2 saturated carbocycles. The third kappa shape index (κ3) is 4.03. The Balaban J connectivity index is 1.67. The van der Waals surface area contributed by atoms with Crippen LogP contribution < -0.4 is 10.6 Å². The van der Waals surface area contributed by atoms with Gasteiger partial charge in [-0.2, -0.15) is 0 Å². The molecule has 0 radical (unpaired) electrons. The van der Waals surface area contributed by atoms with E-state index in [1.165, 1.54) is 6.07 Å². The van der Waals surface area contributed by atoms with Crippen LogP contribution >= 0.6 is 0 Å². The maximum Gasteiger partial charge on any atom is 0.293 e. The van der Waals surface area contributed by atoms with Gasteiger partial charge in [0, 0.05) is 24.2 Å². The number of anilines is 1. The van der Waals surface area contributed by atoms with Gasteiger partial charge in [-0.25, -0.2) is 0 Å². The van der Waals surface area contributed by atoms with Gasteiger partial charge in [0.15, 0.2) is 0 Å². The van der Waals surface area contributed by atoms with E-state index < -0.39 is 16.4 Å². The summed E-state index contributed by atoms with van der Waals surface area (Å²) in [6, 6.07) is 4.76. The zero-order valence-corrected chi connectivity index (χ0v) is 13.6. The Morgan fingerprint density at radius 1 is 1.29 bits per heavy atom. The minimum atomic E-state index is -0.854. The minimum Gasteiger partial charge on any atom is -0.388 e. The van der Waals surface area contributed by atoms with Gasteiger partial charge >= 0.3 is 0 Å². The fourth-order valence-corrected chi connectivity index (χ4v) is 3.13. The van der Waals surface area contributed by atoms with Gasteiger partial charge in [0.1, 0.15) is 5.69 Å². The molecule has 1 aromatic carbocycles. The van der Waals surface area contributed by atoms with Crippen LogP contribution in [0, 0.1) is 10.1 Å². The van der Waals surface area contributed by atoms with E-state index in [0.717, 1.165) is 32.1 Å². The quantitative estimate of drug-likeness (QED) is 0.548. The van der Waals surface area contributed by atoms with Gasteiger partial charge < -0.3 is 15.7 Å². The molecule has 0 heterocycles. The van der Waals surface area contributed by atoms with Crippen LogP contribution in [-0.2, 0) is 0 Å². The second-order valence-corrected chi connectivity index (χ2v) is 6.88. The summed E-state index contributed by atoms with van der Waals surface area (Å²) in [4.78, 5) is 23.1. The zero-order chi connectivity index (χ0) is 17.2. The Kier molecular flexibility index (Phi) is 4.71. The van der Waals surface area contributed by atoms with Crippen molar-refractivity contribution in [3.8, 4) is 0 Å². The van der Waals surface area contributed by atoms with E-state index >= 15 is 0 Å². The first-order valence-corrected chi connectivity index (χ1v) is 8.52. The molecule has 2 aliphatic rings. The monoisotopic (exact) mass is 333 g/mol. The lowest BCUT2D eigenvalue weighted by atomic mass is 9.85. The first-order chi connectivity index (χ1) is 11.5. The highest BCUT2D eigenvalue weighted by molar-refractivity contribution is 5.95. The number of nitro groups is 1. The molecule has 0 atom stereocenters. The standard InChI is InChI=1S/C17H23N3O4/c21-16(18-11-17(22)8-2-1-3-9-17)12-4-7-14(19-13-5-6-13)15(10-12)20(23)24/h4,7,10,13,19,22H,1-3,5-6,8-9,11H2,(H,18,21). The van der Waals surface area contributed by atoms with Crippen molar-refractivity contribution in [2.45, 2.75) is 56.6 Å². The van der Waals surface area contributed by atoms with Crippen molar-refractivity contribution in [3.05, 3.63) is 33.9 Å². The van der Waals surface area contributed by atoms with E-state index in [9.17, 15) is 20.0 Å². The maximum atomic E-state index is 12.3. The molecule has 0 bridgehead atoms. The highest BCUT2D eigenvalue weighted by Gasteiger charge is 2.30. The molecule has 0 unspecified atom stereocenters. The van der Waals surface area contributed by atoms with Crippen LogP contribution in [0.5, 0.6) is 0 Å². The number of carbonyl (C=O) groups is 1. The fourth-order valence-electron chi connectivity index (χ4n) is 3.13. The normalized spacial score (nSPS) is 19.5. The number of amides is 1. The maximum absolute atomic E-state index is 12.3. The molecule has 2 aliphatic carbocycles. The van der Waals surface area contributed by atoms with Crippen LogP contribution in [0.25, 0.3) is 0 Å². The third-order valence-corrected chi connectivity index (χ3v) is 4.76. The lowest BCUT2D eigenvalue weighted by Crippen LogP contribution is -2.44. The van der Waals surface area contributed by atoms with Crippen LogP contribution in [0.3, 0.4) is 0 Å². The number of nitrogens with zero attached hydrogens (tertiary/aromatic N) is 1. The van der Waals surface area contributed by atoms with Gasteiger partial charge in [-0.05, 0) is 37.8 Å². The number of rotatable bonds is 6. The third-order valence-electron chi connectivity index (χ3n) is 4.76. The summed E-state index contributed by atoms with van der Waals surface area (Å²) >= 11 is 0. The predicted octanol–water partition coefficient (Wildman–Crippen LogP) is 2.59. The van der Waals surface area contributed by atoms with E-state index in [0.29, 0.717) is 24.6 Å². The average Bonchev–Trinajstić information content (AvgIpc) is 3.37. The van der Waals surface area contributed by atoms with Crippen molar-refractivity contribution in [1.82, 2.24) is 5.32 Å². The molecule has 0 aliphatic heterocycles. The number of benzene rings is 1. The summed E-state index contributed by atoms with van der Waals surface area (Å²) in [5, 5.41) is 27.5.